The molecular formula is C22H28N2O4S. The van der Waals surface area contributed by atoms with E-state index in [4.69, 9.17) is 4.74 Å². The molecule has 1 aliphatic heterocycles. The summed E-state index contributed by atoms with van der Waals surface area (Å²) in [5, 5.41) is 0. The lowest BCUT2D eigenvalue weighted by atomic mass is 10.0. The topological polar surface area (TPSA) is 66.9 Å². The minimum Gasteiger partial charge on any atom is -0.497 e. The van der Waals surface area contributed by atoms with Gasteiger partial charge < -0.3 is 9.64 Å². The van der Waals surface area contributed by atoms with Crippen LogP contribution in [0.4, 0.5) is 0 Å². The second-order valence-corrected chi connectivity index (χ2v) is 9.27. The minimum atomic E-state index is -3.75. The van der Waals surface area contributed by atoms with Gasteiger partial charge in [0, 0.05) is 26.6 Å². The number of hydrogen-bond acceptors (Lipinski definition) is 4. The molecule has 156 valence electrons. The average Bonchev–Trinajstić information content (AvgIpc) is 2.78. The van der Waals surface area contributed by atoms with Gasteiger partial charge in [0.2, 0.25) is 15.9 Å². The number of benzene rings is 2. The zero-order valence-electron chi connectivity index (χ0n) is 17.0. The summed E-state index contributed by atoms with van der Waals surface area (Å²) in [7, 11) is -0.623. The van der Waals surface area contributed by atoms with Crippen molar-refractivity contribution in [2.45, 2.75) is 36.6 Å². The third-order valence-corrected chi connectivity index (χ3v) is 7.32. The lowest BCUT2D eigenvalue weighted by Crippen LogP contribution is -2.39. The number of amides is 1. The first-order valence-corrected chi connectivity index (χ1v) is 11.3. The number of likely N-dealkylation sites (tertiary alicyclic amines) is 1. The highest BCUT2D eigenvalue weighted by molar-refractivity contribution is 7.89. The van der Waals surface area contributed by atoms with Crippen molar-refractivity contribution in [2.24, 2.45) is 0 Å². The summed E-state index contributed by atoms with van der Waals surface area (Å²) in [6, 6.07) is 14.9. The minimum absolute atomic E-state index is 0.0133. The molecule has 7 heteroatoms. The molecule has 0 bridgehead atoms. The van der Waals surface area contributed by atoms with Crippen molar-refractivity contribution in [1.82, 2.24) is 9.21 Å². The highest BCUT2D eigenvalue weighted by atomic mass is 32.2. The van der Waals surface area contributed by atoms with E-state index in [1.807, 2.05) is 17.0 Å². The van der Waals surface area contributed by atoms with Gasteiger partial charge in [-0.2, -0.15) is 4.31 Å². The zero-order chi connectivity index (χ0) is 20.9. The molecule has 29 heavy (non-hydrogen) atoms. The summed E-state index contributed by atoms with van der Waals surface area (Å²) in [5.74, 6) is 0.670. The molecule has 3 rings (SSSR count). The molecule has 6 nitrogen and oxygen atoms in total. The van der Waals surface area contributed by atoms with Crippen LogP contribution in [-0.2, 0) is 14.8 Å². The molecule has 0 unspecified atom stereocenters. The van der Waals surface area contributed by atoms with Crippen molar-refractivity contribution in [3.05, 3.63) is 60.2 Å². The monoisotopic (exact) mass is 416 g/mol. The summed E-state index contributed by atoms with van der Waals surface area (Å²) >= 11 is 0. The summed E-state index contributed by atoms with van der Waals surface area (Å²) < 4.78 is 32.9. The Morgan fingerprint density at radius 3 is 2.24 bits per heavy atom. The zero-order valence-corrected chi connectivity index (χ0v) is 17.8. The Kier molecular flexibility index (Phi) is 6.92. The Labute approximate surface area is 173 Å². The fourth-order valence-corrected chi connectivity index (χ4v) is 5.01. The van der Waals surface area contributed by atoms with Gasteiger partial charge in [-0.15, -0.1) is 0 Å². The molecule has 1 fully saturated rings. The number of piperidine rings is 1. The molecular weight excluding hydrogens is 388 g/mol. The second kappa shape index (κ2) is 9.41. The number of rotatable bonds is 7. The van der Waals surface area contributed by atoms with Gasteiger partial charge in [-0.25, -0.2) is 8.42 Å². The summed E-state index contributed by atoms with van der Waals surface area (Å²) in [6.07, 6.45) is 3.23. The number of carbonyl (C=O) groups is 1. The van der Waals surface area contributed by atoms with Crippen molar-refractivity contribution in [1.29, 1.82) is 0 Å². The number of sulfonamides is 1. The third-order valence-electron chi connectivity index (χ3n) is 5.44. The van der Waals surface area contributed by atoms with Crippen molar-refractivity contribution >= 4 is 15.9 Å². The molecule has 0 aromatic heterocycles. The van der Waals surface area contributed by atoms with Gasteiger partial charge in [-0.3, -0.25) is 4.79 Å². The summed E-state index contributed by atoms with van der Waals surface area (Å²) in [4.78, 5) is 15.0. The van der Waals surface area contributed by atoms with Crippen LogP contribution in [0.5, 0.6) is 5.75 Å². The molecule has 1 heterocycles. The van der Waals surface area contributed by atoms with Crippen LogP contribution < -0.4 is 4.74 Å². The van der Waals surface area contributed by atoms with Gasteiger partial charge in [0.05, 0.1) is 18.0 Å². The molecule has 0 aliphatic carbocycles. The molecule has 2 aromatic rings. The van der Waals surface area contributed by atoms with Crippen LogP contribution in [0.1, 0.15) is 37.3 Å². The van der Waals surface area contributed by atoms with E-state index in [1.54, 1.807) is 56.6 Å². The number of hydrogen-bond donors (Lipinski definition) is 0. The maximum absolute atomic E-state index is 13.2. The number of nitrogens with zero attached hydrogens (tertiary/aromatic N) is 2. The van der Waals surface area contributed by atoms with Crippen LogP contribution in [-0.4, -0.2) is 50.8 Å². The van der Waals surface area contributed by atoms with E-state index in [9.17, 15) is 13.2 Å². The lowest BCUT2D eigenvalue weighted by molar-refractivity contribution is -0.133. The highest BCUT2D eigenvalue weighted by Crippen LogP contribution is 2.31. The molecule has 1 aliphatic rings. The van der Waals surface area contributed by atoms with E-state index >= 15 is 0 Å². The normalized spacial score (nSPS) is 15.9. The first-order valence-electron chi connectivity index (χ1n) is 9.88. The highest BCUT2D eigenvalue weighted by Gasteiger charge is 2.32. The van der Waals surface area contributed by atoms with Crippen molar-refractivity contribution < 1.29 is 17.9 Å². The van der Waals surface area contributed by atoms with Gasteiger partial charge in [0.25, 0.3) is 0 Å². The standard InChI is InChI=1S/C22H28N2O4S/c1-23(29(26,27)20-9-5-3-6-10-20)21(18-11-13-19(28-2)14-12-18)17-22(25)24-15-7-4-8-16-24/h3,5-6,9-14,21H,4,7-8,15-17H2,1-2H3/t21-/m0/s1. The number of carbonyl (C=O) groups excluding carboxylic acids is 1. The first kappa shape index (κ1) is 21.3. The second-order valence-electron chi connectivity index (χ2n) is 7.27. The average molecular weight is 417 g/mol. The van der Waals surface area contributed by atoms with E-state index in [0.717, 1.165) is 37.9 Å². The maximum atomic E-state index is 13.2. The van der Waals surface area contributed by atoms with Crippen molar-refractivity contribution in [2.75, 3.05) is 27.2 Å². The van der Waals surface area contributed by atoms with Crippen LogP contribution in [0, 0.1) is 0 Å². The van der Waals surface area contributed by atoms with E-state index in [2.05, 4.69) is 0 Å². The molecule has 0 N–H and O–H groups in total. The van der Waals surface area contributed by atoms with Gasteiger partial charge >= 0.3 is 0 Å². The fourth-order valence-electron chi connectivity index (χ4n) is 3.65. The van der Waals surface area contributed by atoms with Gasteiger partial charge in [-0.1, -0.05) is 30.3 Å². The van der Waals surface area contributed by atoms with Gasteiger partial charge in [-0.05, 0) is 49.1 Å². The third kappa shape index (κ3) is 4.97. The Bertz CT molecular complexity index is 908. The molecule has 1 saturated heterocycles. The van der Waals surface area contributed by atoms with Crippen molar-refractivity contribution in [3.63, 3.8) is 0 Å². The van der Waals surface area contributed by atoms with Crippen molar-refractivity contribution in [3.8, 4) is 5.75 Å². The number of ether oxygens (including phenoxy) is 1. The lowest BCUT2D eigenvalue weighted by Gasteiger charge is -2.32. The Hall–Kier alpha value is -2.38. The molecule has 0 spiro atoms. The maximum Gasteiger partial charge on any atom is 0.243 e. The number of methoxy groups -OCH3 is 1. The first-order chi connectivity index (χ1) is 13.9. The van der Waals surface area contributed by atoms with Crippen LogP contribution in [0.2, 0.25) is 0 Å². The molecule has 0 saturated carbocycles. The van der Waals surface area contributed by atoms with E-state index in [-0.39, 0.29) is 17.2 Å². The predicted molar refractivity (Wildman–Crippen MR) is 112 cm³/mol. The molecule has 1 atom stereocenters. The predicted octanol–water partition coefficient (Wildman–Crippen LogP) is 3.46. The fraction of sp³-hybridized carbons (Fsp3) is 0.409. The van der Waals surface area contributed by atoms with Crippen LogP contribution in [0.15, 0.2) is 59.5 Å². The van der Waals surface area contributed by atoms with Crippen LogP contribution in [0.25, 0.3) is 0 Å². The molecule has 1 amide bonds. The van der Waals surface area contributed by atoms with E-state index in [0.29, 0.717) is 5.75 Å². The van der Waals surface area contributed by atoms with Gasteiger partial charge in [0.15, 0.2) is 0 Å². The van der Waals surface area contributed by atoms with Crippen LogP contribution >= 0.6 is 0 Å². The smallest absolute Gasteiger partial charge is 0.243 e. The largest absolute Gasteiger partial charge is 0.497 e. The summed E-state index contributed by atoms with van der Waals surface area (Å²) in [5.41, 5.74) is 0.762. The Balaban J connectivity index is 1.91. The quantitative estimate of drug-likeness (QED) is 0.693. The van der Waals surface area contributed by atoms with E-state index in [1.165, 1.54) is 4.31 Å². The van der Waals surface area contributed by atoms with E-state index < -0.39 is 16.1 Å². The summed E-state index contributed by atoms with van der Waals surface area (Å²) in [6.45, 7) is 1.48. The SMILES string of the molecule is COc1ccc([C@H](CC(=O)N2CCCCC2)N(C)S(=O)(=O)c2ccccc2)cc1. The van der Waals surface area contributed by atoms with Crippen LogP contribution in [0.3, 0.4) is 0 Å². The molecule has 2 aromatic carbocycles. The molecule has 0 radical (unpaired) electrons. The Morgan fingerprint density at radius 2 is 1.66 bits per heavy atom. The Morgan fingerprint density at radius 1 is 1.03 bits per heavy atom. The van der Waals surface area contributed by atoms with Gasteiger partial charge in [0.1, 0.15) is 5.75 Å².